The van der Waals surface area contributed by atoms with Crippen LogP contribution in [0.3, 0.4) is 0 Å². The number of amides is 3. The second-order valence-electron chi connectivity index (χ2n) is 3.64. The molecule has 0 bridgehead atoms. The van der Waals surface area contributed by atoms with Gasteiger partial charge in [0.1, 0.15) is 10.9 Å². The van der Waals surface area contributed by atoms with Crippen LogP contribution in [0.5, 0.6) is 0 Å². The Bertz CT molecular complexity index is 313. The van der Waals surface area contributed by atoms with Crippen molar-refractivity contribution in [2.24, 2.45) is 0 Å². The fourth-order valence-electron chi connectivity index (χ4n) is 1.06. The van der Waals surface area contributed by atoms with Gasteiger partial charge in [-0.15, -0.1) is 11.6 Å². The van der Waals surface area contributed by atoms with E-state index in [2.05, 4.69) is 0 Å². The lowest BCUT2D eigenvalue weighted by Gasteiger charge is -2.20. The normalized spacial score (nSPS) is 19.8. The highest BCUT2D eigenvalue weighted by Gasteiger charge is 2.64. The molecule has 2 N–H and O–H groups in total. The number of halogens is 4. The minimum absolute atomic E-state index is 0.172. The van der Waals surface area contributed by atoms with Gasteiger partial charge in [0.15, 0.2) is 0 Å². The Balaban J connectivity index is 2.50. The van der Waals surface area contributed by atoms with Crippen LogP contribution in [-0.4, -0.2) is 29.0 Å². The summed E-state index contributed by atoms with van der Waals surface area (Å²) in [6.07, 6.45) is -4.84. The quantitative estimate of drug-likeness (QED) is 0.738. The van der Waals surface area contributed by atoms with Crippen molar-refractivity contribution in [2.75, 3.05) is 0 Å². The van der Waals surface area contributed by atoms with Crippen LogP contribution in [-0.2, 0) is 4.79 Å². The number of hydrogen-bond acceptors (Lipinski definition) is 2. The summed E-state index contributed by atoms with van der Waals surface area (Å²) in [5.41, 5.74) is -2.17. The van der Waals surface area contributed by atoms with Crippen LogP contribution in [0.15, 0.2) is 0 Å². The summed E-state index contributed by atoms with van der Waals surface area (Å²) in [6.45, 7) is 1.31. The van der Waals surface area contributed by atoms with Crippen molar-refractivity contribution in [3.63, 3.8) is 0 Å². The highest BCUT2D eigenvalue weighted by Crippen LogP contribution is 2.48. The third kappa shape index (κ3) is 2.78. The molecule has 92 valence electrons. The molecule has 0 heterocycles. The van der Waals surface area contributed by atoms with E-state index in [1.165, 1.54) is 6.92 Å². The fourth-order valence-corrected chi connectivity index (χ4v) is 1.12. The van der Waals surface area contributed by atoms with Crippen molar-refractivity contribution in [3.05, 3.63) is 0 Å². The zero-order valence-electron chi connectivity index (χ0n) is 8.32. The summed E-state index contributed by atoms with van der Waals surface area (Å²) in [6, 6.07) is -1.17. The number of hydrogen-bond donors (Lipinski definition) is 2. The first-order valence-electron chi connectivity index (χ1n) is 4.52. The van der Waals surface area contributed by atoms with E-state index in [1.54, 1.807) is 10.6 Å². The van der Waals surface area contributed by atoms with Crippen LogP contribution in [0, 0.1) is 0 Å². The maximum Gasteiger partial charge on any atom is 0.411 e. The molecule has 1 aliphatic rings. The van der Waals surface area contributed by atoms with Crippen LogP contribution >= 0.6 is 11.6 Å². The molecule has 0 aromatic carbocycles. The van der Waals surface area contributed by atoms with Crippen LogP contribution < -0.4 is 10.6 Å². The summed E-state index contributed by atoms with van der Waals surface area (Å²) in [4.78, 5) is 22.0. The summed E-state index contributed by atoms with van der Waals surface area (Å²) in [5, 5.41) is 2.49. The van der Waals surface area contributed by atoms with Crippen molar-refractivity contribution in [1.29, 1.82) is 0 Å². The van der Waals surface area contributed by atoms with E-state index in [0.717, 1.165) is 0 Å². The van der Waals surface area contributed by atoms with Gasteiger partial charge in [0, 0.05) is 0 Å². The van der Waals surface area contributed by atoms with Crippen molar-refractivity contribution < 1.29 is 22.8 Å². The minimum atomic E-state index is -4.50. The molecule has 3 amide bonds. The Morgan fingerprint density at radius 3 is 2.19 bits per heavy atom. The van der Waals surface area contributed by atoms with Crippen LogP contribution in [0.4, 0.5) is 18.0 Å². The van der Waals surface area contributed by atoms with E-state index in [4.69, 9.17) is 11.6 Å². The summed E-state index contributed by atoms with van der Waals surface area (Å²) >= 11 is 5.33. The van der Waals surface area contributed by atoms with Crippen molar-refractivity contribution >= 4 is 23.5 Å². The minimum Gasteiger partial charge on any atom is -0.323 e. The molecule has 0 spiro atoms. The lowest BCUT2D eigenvalue weighted by atomic mass is 10.2. The molecule has 1 atom stereocenters. The van der Waals surface area contributed by atoms with Gasteiger partial charge in [0.25, 0.3) is 0 Å². The third-order valence-corrected chi connectivity index (χ3v) is 2.44. The Hall–Kier alpha value is -0.980. The van der Waals surface area contributed by atoms with Gasteiger partial charge in [0.05, 0.1) is 0 Å². The lowest BCUT2D eigenvalue weighted by Crippen LogP contribution is -2.53. The number of nitrogens with one attached hydrogen (secondary N) is 2. The number of carbonyl (C=O) groups is 2. The van der Waals surface area contributed by atoms with Gasteiger partial charge in [-0.2, -0.15) is 13.2 Å². The van der Waals surface area contributed by atoms with Gasteiger partial charge in [-0.3, -0.25) is 10.1 Å². The number of rotatable bonds is 2. The molecule has 1 unspecified atom stereocenters. The highest BCUT2D eigenvalue weighted by atomic mass is 35.5. The number of carbonyl (C=O) groups excluding carboxylic acids is 2. The Kier molecular flexibility index (Phi) is 3.37. The van der Waals surface area contributed by atoms with Crippen LogP contribution in [0.1, 0.15) is 19.8 Å². The van der Waals surface area contributed by atoms with Gasteiger partial charge in [0.2, 0.25) is 5.91 Å². The number of urea groups is 1. The zero-order valence-corrected chi connectivity index (χ0v) is 9.08. The molecule has 0 saturated heterocycles. The van der Waals surface area contributed by atoms with E-state index < -0.39 is 29.0 Å². The molecular formula is C8H10ClF3N2O2. The summed E-state index contributed by atoms with van der Waals surface area (Å²) < 4.78 is 37.2. The summed E-state index contributed by atoms with van der Waals surface area (Å²) in [5.74, 6) is -0.836. The predicted octanol–water partition coefficient (Wildman–Crippen LogP) is 1.53. The lowest BCUT2D eigenvalue weighted by molar-refractivity contribution is -0.162. The van der Waals surface area contributed by atoms with Crippen LogP contribution in [0.2, 0.25) is 0 Å². The second kappa shape index (κ2) is 4.12. The van der Waals surface area contributed by atoms with E-state index >= 15 is 0 Å². The molecule has 8 heteroatoms. The molecule has 0 aromatic heterocycles. The van der Waals surface area contributed by atoms with E-state index in [0.29, 0.717) is 0 Å². The molecule has 1 rings (SSSR count). The first-order chi connectivity index (χ1) is 7.18. The monoisotopic (exact) mass is 258 g/mol. The van der Waals surface area contributed by atoms with Crippen molar-refractivity contribution in [2.45, 2.75) is 36.9 Å². The van der Waals surface area contributed by atoms with E-state index in [9.17, 15) is 22.8 Å². The Morgan fingerprint density at radius 2 is 1.88 bits per heavy atom. The Labute approximate surface area is 94.5 Å². The summed E-state index contributed by atoms with van der Waals surface area (Å²) in [7, 11) is 0. The van der Waals surface area contributed by atoms with Crippen LogP contribution in [0.25, 0.3) is 0 Å². The maximum atomic E-state index is 12.4. The predicted molar refractivity (Wildman–Crippen MR) is 50.0 cm³/mol. The molecule has 1 saturated carbocycles. The van der Waals surface area contributed by atoms with Gasteiger partial charge in [-0.1, -0.05) is 0 Å². The van der Waals surface area contributed by atoms with Gasteiger partial charge in [-0.25, -0.2) is 4.79 Å². The molecule has 4 nitrogen and oxygen atoms in total. The molecule has 0 radical (unpaired) electrons. The highest BCUT2D eigenvalue weighted by molar-refractivity contribution is 6.31. The SMILES string of the molecule is CC(Cl)C(=O)NC(=O)NC1(C(F)(F)F)CC1. The smallest absolute Gasteiger partial charge is 0.323 e. The molecule has 0 aromatic rings. The number of alkyl halides is 4. The molecule has 16 heavy (non-hydrogen) atoms. The fraction of sp³-hybridized carbons (Fsp3) is 0.750. The topological polar surface area (TPSA) is 58.2 Å². The Morgan fingerprint density at radius 1 is 1.38 bits per heavy atom. The van der Waals surface area contributed by atoms with E-state index in [1.807, 2.05) is 0 Å². The second-order valence-corrected chi connectivity index (χ2v) is 4.29. The van der Waals surface area contributed by atoms with Gasteiger partial charge < -0.3 is 5.32 Å². The van der Waals surface area contributed by atoms with Crippen molar-refractivity contribution in [3.8, 4) is 0 Å². The first-order valence-corrected chi connectivity index (χ1v) is 4.95. The maximum absolute atomic E-state index is 12.4. The molecule has 1 aliphatic carbocycles. The van der Waals surface area contributed by atoms with Gasteiger partial charge in [-0.05, 0) is 19.8 Å². The largest absolute Gasteiger partial charge is 0.411 e. The average molecular weight is 259 g/mol. The van der Waals surface area contributed by atoms with E-state index in [-0.39, 0.29) is 12.8 Å². The average Bonchev–Trinajstić information content (AvgIpc) is 2.83. The standard InChI is InChI=1S/C8H10ClF3N2O2/c1-4(9)5(15)13-6(16)14-7(2-3-7)8(10,11)12/h4H,2-3H2,1H3,(H2,13,14,15,16). The zero-order chi connectivity index (χ0) is 12.6. The van der Waals surface area contributed by atoms with Gasteiger partial charge >= 0.3 is 12.2 Å². The number of imide groups is 1. The molecular weight excluding hydrogens is 249 g/mol. The first kappa shape index (κ1) is 13.1. The third-order valence-electron chi connectivity index (χ3n) is 2.24. The molecule has 0 aliphatic heterocycles. The molecule has 1 fully saturated rings. The van der Waals surface area contributed by atoms with Crippen molar-refractivity contribution in [1.82, 2.24) is 10.6 Å².